The first-order chi connectivity index (χ1) is 8.38. The number of nitrogens with two attached hydrogens (primary N) is 1. The summed E-state index contributed by atoms with van der Waals surface area (Å²) in [6.07, 6.45) is -3.53. The van der Waals surface area contributed by atoms with E-state index in [0.717, 1.165) is 24.4 Å². The molecule has 0 aliphatic heterocycles. The summed E-state index contributed by atoms with van der Waals surface area (Å²) in [5, 5.41) is 0. The average Bonchev–Trinajstić information content (AvgIpc) is 2.31. The zero-order valence-electron chi connectivity index (χ0n) is 9.00. The second kappa shape index (κ2) is 4.29. The third-order valence-corrected chi connectivity index (χ3v) is 2.36. The lowest BCUT2D eigenvalue weighted by molar-refractivity contribution is -0.141. The molecular weight excluding hydrogens is 248 g/mol. The first-order valence-electron chi connectivity index (χ1n) is 4.96. The van der Waals surface area contributed by atoms with Gasteiger partial charge in [-0.3, -0.25) is 4.98 Å². The molecule has 0 aliphatic rings. The third-order valence-electron chi connectivity index (χ3n) is 2.36. The fourth-order valence-corrected chi connectivity index (χ4v) is 1.48. The second-order valence-electron chi connectivity index (χ2n) is 3.67. The maximum atomic E-state index is 13.5. The number of halogens is 4. The molecule has 1 aromatic carbocycles. The molecule has 18 heavy (non-hydrogen) atoms. The maximum absolute atomic E-state index is 13.5. The van der Waals surface area contributed by atoms with E-state index in [0.29, 0.717) is 5.69 Å². The smallest absolute Gasteiger partial charge is 0.399 e. The normalized spacial score (nSPS) is 11.6. The fraction of sp³-hybridized carbons (Fsp3) is 0.0833. The Morgan fingerprint density at radius 2 is 1.78 bits per heavy atom. The van der Waals surface area contributed by atoms with Crippen LogP contribution in [0.2, 0.25) is 0 Å². The number of benzene rings is 1. The van der Waals surface area contributed by atoms with Crippen molar-refractivity contribution in [2.45, 2.75) is 6.18 Å². The van der Waals surface area contributed by atoms with Crippen LogP contribution in [0.5, 0.6) is 0 Å². The average molecular weight is 256 g/mol. The monoisotopic (exact) mass is 256 g/mol. The van der Waals surface area contributed by atoms with Crippen LogP contribution >= 0.6 is 0 Å². The van der Waals surface area contributed by atoms with Crippen molar-refractivity contribution in [1.29, 1.82) is 0 Å². The van der Waals surface area contributed by atoms with Gasteiger partial charge in [-0.25, -0.2) is 4.39 Å². The number of pyridine rings is 1. The molecule has 0 unspecified atom stereocenters. The molecule has 2 N–H and O–H groups in total. The Labute approximate surface area is 100 Å². The van der Waals surface area contributed by atoms with Crippen molar-refractivity contribution < 1.29 is 17.6 Å². The van der Waals surface area contributed by atoms with Gasteiger partial charge in [0.25, 0.3) is 0 Å². The predicted molar refractivity (Wildman–Crippen MR) is 59.0 cm³/mol. The summed E-state index contributed by atoms with van der Waals surface area (Å²) in [6.45, 7) is 0. The van der Waals surface area contributed by atoms with E-state index in [1.165, 1.54) is 12.1 Å². The molecule has 0 atom stereocenters. The molecule has 0 amide bonds. The lowest BCUT2D eigenvalue weighted by atomic mass is 10.1. The van der Waals surface area contributed by atoms with Crippen molar-refractivity contribution >= 4 is 5.69 Å². The van der Waals surface area contributed by atoms with E-state index in [4.69, 9.17) is 5.73 Å². The molecular formula is C12H8F4N2. The van der Waals surface area contributed by atoms with Gasteiger partial charge in [0.1, 0.15) is 11.5 Å². The Hall–Kier alpha value is -2.11. The minimum atomic E-state index is -4.51. The van der Waals surface area contributed by atoms with E-state index < -0.39 is 17.7 Å². The van der Waals surface area contributed by atoms with Crippen molar-refractivity contribution in [3.63, 3.8) is 0 Å². The molecule has 1 aromatic heterocycles. The molecule has 0 saturated carbocycles. The molecule has 1 heterocycles. The largest absolute Gasteiger partial charge is 0.433 e. The molecule has 2 nitrogen and oxygen atoms in total. The first-order valence-corrected chi connectivity index (χ1v) is 4.96. The molecule has 2 rings (SSSR count). The Bertz CT molecular complexity index is 561. The topological polar surface area (TPSA) is 38.9 Å². The Balaban J connectivity index is 2.43. The van der Waals surface area contributed by atoms with Gasteiger partial charge < -0.3 is 5.73 Å². The lowest BCUT2D eigenvalue weighted by Gasteiger charge is -2.07. The zero-order chi connectivity index (χ0) is 13.3. The van der Waals surface area contributed by atoms with Gasteiger partial charge >= 0.3 is 6.18 Å². The molecule has 0 radical (unpaired) electrons. The predicted octanol–water partition coefficient (Wildman–Crippen LogP) is 3.49. The summed E-state index contributed by atoms with van der Waals surface area (Å²) < 4.78 is 50.4. The van der Waals surface area contributed by atoms with Gasteiger partial charge in [0, 0.05) is 23.0 Å². The molecule has 0 fully saturated rings. The van der Waals surface area contributed by atoms with E-state index in [2.05, 4.69) is 4.98 Å². The van der Waals surface area contributed by atoms with Gasteiger partial charge in [-0.05, 0) is 24.3 Å². The molecule has 0 bridgehead atoms. The number of alkyl halides is 3. The van der Waals surface area contributed by atoms with Crippen LogP contribution in [0, 0.1) is 5.82 Å². The van der Waals surface area contributed by atoms with Gasteiger partial charge in [-0.2, -0.15) is 13.2 Å². The van der Waals surface area contributed by atoms with Crippen molar-refractivity contribution in [2.24, 2.45) is 0 Å². The van der Waals surface area contributed by atoms with Crippen LogP contribution in [0.3, 0.4) is 0 Å². The number of anilines is 1. The Morgan fingerprint density at radius 1 is 1.06 bits per heavy atom. The number of hydrogen-bond acceptors (Lipinski definition) is 2. The maximum Gasteiger partial charge on any atom is 0.433 e. The molecule has 0 aliphatic carbocycles. The van der Waals surface area contributed by atoms with E-state index in [1.807, 2.05) is 0 Å². The molecule has 6 heteroatoms. The first kappa shape index (κ1) is 12.3. The lowest BCUT2D eigenvalue weighted by Crippen LogP contribution is -2.07. The van der Waals surface area contributed by atoms with Crippen LogP contribution in [-0.4, -0.2) is 4.98 Å². The van der Waals surface area contributed by atoms with Crippen LogP contribution in [0.1, 0.15) is 5.69 Å². The van der Waals surface area contributed by atoms with Gasteiger partial charge in [0.2, 0.25) is 0 Å². The summed E-state index contributed by atoms with van der Waals surface area (Å²) >= 11 is 0. The Kier molecular flexibility index (Phi) is 2.94. The van der Waals surface area contributed by atoms with Gasteiger partial charge in [0.05, 0.1) is 0 Å². The van der Waals surface area contributed by atoms with E-state index >= 15 is 0 Å². The minimum absolute atomic E-state index is 0.122. The highest BCUT2D eigenvalue weighted by Crippen LogP contribution is 2.30. The fourth-order valence-electron chi connectivity index (χ4n) is 1.48. The number of nitrogen functional groups attached to an aromatic ring is 1. The van der Waals surface area contributed by atoms with Gasteiger partial charge in [0.15, 0.2) is 0 Å². The minimum Gasteiger partial charge on any atom is -0.399 e. The molecule has 0 saturated heterocycles. The van der Waals surface area contributed by atoms with Crippen molar-refractivity contribution in [3.8, 4) is 11.1 Å². The van der Waals surface area contributed by atoms with Crippen LogP contribution in [-0.2, 0) is 6.18 Å². The molecule has 94 valence electrons. The summed E-state index contributed by atoms with van der Waals surface area (Å²) in [7, 11) is 0. The van der Waals surface area contributed by atoms with Crippen molar-refractivity contribution in [1.82, 2.24) is 4.98 Å². The van der Waals surface area contributed by atoms with Crippen LogP contribution in [0.15, 0.2) is 36.5 Å². The second-order valence-corrected chi connectivity index (χ2v) is 3.67. The summed E-state index contributed by atoms with van der Waals surface area (Å²) in [6, 6.07) is 5.84. The van der Waals surface area contributed by atoms with Gasteiger partial charge in [-0.15, -0.1) is 0 Å². The molecule has 0 spiro atoms. The molecule has 2 aromatic rings. The highest BCUT2D eigenvalue weighted by atomic mass is 19.4. The van der Waals surface area contributed by atoms with E-state index in [-0.39, 0.29) is 11.1 Å². The summed E-state index contributed by atoms with van der Waals surface area (Å²) in [5.41, 5.74) is 5.17. The third kappa shape index (κ3) is 2.42. The van der Waals surface area contributed by atoms with Crippen molar-refractivity contribution in [2.75, 3.05) is 5.73 Å². The quantitative estimate of drug-likeness (QED) is 0.626. The Morgan fingerprint density at radius 3 is 2.33 bits per heavy atom. The van der Waals surface area contributed by atoms with Crippen LogP contribution in [0.25, 0.3) is 11.1 Å². The van der Waals surface area contributed by atoms with Crippen LogP contribution in [0.4, 0.5) is 23.2 Å². The number of hydrogen-bond donors (Lipinski definition) is 1. The van der Waals surface area contributed by atoms with E-state index in [9.17, 15) is 17.6 Å². The van der Waals surface area contributed by atoms with Crippen LogP contribution < -0.4 is 5.73 Å². The van der Waals surface area contributed by atoms with Gasteiger partial charge in [-0.1, -0.05) is 6.07 Å². The highest BCUT2D eigenvalue weighted by molar-refractivity contribution is 5.67. The highest BCUT2D eigenvalue weighted by Gasteiger charge is 2.32. The van der Waals surface area contributed by atoms with Crippen molar-refractivity contribution in [3.05, 3.63) is 48.0 Å². The number of nitrogens with zero attached hydrogens (tertiary/aromatic N) is 1. The summed E-state index contributed by atoms with van der Waals surface area (Å²) in [5.74, 6) is -0.564. The SMILES string of the molecule is Nc1ccc(F)c(-c2ccc(C(F)(F)F)nc2)c1. The zero-order valence-corrected chi connectivity index (χ0v) is 9.00. The standard InChI is InChI=1S/C12H8F4N2/c13-10-3-2-8(17)5-9(10)7-1-4-11(18-6-7)12(14,15)16/h1-6H,17H2. The summed E-state index contributed by atoms with van der Waals surface area (Å²) in [4.78, 5) is 3.26. The van der Waals surface area contributed by atoms with E-state index in [1.54, 1.807) is 0 Å². The number of rotatable bonds is 1. The number of aromatic nitrogens is 1.